The number of piperazine rings is 1. The molecule has 0 saturated carbocycles. The molecule has 3 heterocycles. The fourth-order valence-electron chi connectivity index (χ4n) is 2.88. The summed E-state index contributed by atoms with van der Waals surface area (Å²) in [4.78, 5) is 25.5. The van der Waals surface area contributed by atoms with E-state index < -0.39 is 0 Å². The van der Waals surface area contributed by atoms with Crippen LogP contribution in [0.4, 0.5) is 11.5 Å². The minimum atomic E-state index is -0.275. The van der Waals surface area contributed by atoms with Crippen molar-refractivity contribution in [2.24, 2.45) is 0 Å². The highest BCUT2D eigenvalue weighted by Gasteiger charge is 2.20. The molecule has 6 heteroatoms. The summed E-state index contributed by atoms with van der Waals surface area (Å²) in [6.07, 6.45) is 3.53. The SMILES string of the molecule is CC(C)(C)NC(=O)c1cc(N2CCN(c3ccccn3)CC2)ccn1. The molecule has 0 atom stereocenters. The number of amides is 1. The predicted octanol–water partition coefficient (Wildman–Crippen LogP) is 2.33. The molecule has 1 aliphatic rings. The summed E-state index contributed by atoms with van der Waals surface area (Å²) in [5, 5.41) is 2.96. The van der Waals surface area contributed by atoms with Gasteiger partial charge >= 0.3 is 0 Å². The Bertz CT molecular complexity index is 718. The maximum atomic E-state index is 12.3. The molecule has 25 heavy (non-hydrogen) atoms. The van der Waals surface area contributed by atoms with Crippen LogP contribution >= 0.6 is 0 Å². The molecule has 6 nitrogen and oxygen atoms in total. The van der Waals surface area contributed by atoms with Crippen molar-refractivity contribution in [2.45, 2.75) is 26.3 Å². The predicted molar refractivity (Wildman–Crippen MR) is 100 cm³/mol. The molecular formula is C19H25N5O. The fourth-order valence-corrected chi connectivity index (χ4v) is 2.88. The second-order valence-corrected chi connectivity index (χ2v) is 7.27. The maximum absolute atomic E-state index is 12.3. The third kappa shape index (κ3) is 4.47. The van der Waals surface area contributed by atoms with Crippen molar-refractivity contribution in [3.63, 3.8) is 0 Å². The van der Waals surface area contributed by atoms with Gasteiger partial charge < -0.3 is 15.1 Å². The first-order valence-electron chi connectivity index (χ1n) is 8.62. The molecule has 1 saturated heterocycles. The second-order valence-electron chi connectivity index (χ2n) is 7.27. The molecule has 132 valence electrons. The van der Waals surface area contributed by atoms with Gasteiger partial charge in [-0.15, -0.1) is 0 Å². The van der Waals surface area contributed by atoms with Gasteiger partial charge in [0.05, 0.1) is 0 Å². The molecule has 1 amide bonds. The van der Waals surface area contributed by atoms with E-state index in [9.17, 15) is 4.79 Å². The smallest absolute Gasteiger partial charge is 0.270 e. The van der Waals surface area contributed by atoms with Crippen LogP contribution in [0.25, 0.3) is 0 Å². The molecule has 0 spiro atoms. The molecule has 2 aromatic heterocycles. The van der Waals surface area contributed by atoms with Crippen molar-refractivity contribution in [3.05, 3.63) is 48.4 Å². The monoisotopic (exact) mass is 339 g/mol. The number of hydrogen-bond donors (Lipinski definition) is 1. The van der Waals surface area contributed by atoms with Gasteiger partial charge in [0, 0.05) is 49.8 Å². The standard InChI is InChI=1S/C19H25N5O/c1-19(2,3)22-18(25)16-14-15(7-9-20-16)23-10-12-24(13-11-23)17-6-4-5-8-21-17/h4-9,14H,10-13H2,1-3H3,(H,22,25). The minimum Gasteiger partial charge on any atom is -0.368 e. The zero-order valence-corrected chi connectivity index (χ0v) is 15.1. The number of nitrogens with zero attached hydrogens (tertiary/aromatic N) is 4. The number of anilines is 2. The normalized spacial score (nSPS) is 15.2. The molecule has 1 fully saturated rings. The number of rotatable bonds is 3. The summed E-state index contributed by atoms with van der Waals surface area (Å²) in [6.45, 7) is 9.48. The van der Waals surface area contributed by atoms with E-state index in [2.05, 4.69) is 25.1 Å². The number of hydrogen-bond acceptors (Lipinski definition) is 5. The van der Waals surface area contributed by atoms with Gasteiger partial charge in [-0.2, -0.15) is 0 Å². The summed E-state index contributed by atoms with van der Waals surface area (Å²) in [5.74, 6) is 0.878. The molecule has 0 bridgehead atoms. The third-order valence-electron chi connectivity index (χ3n) is 4.08. The Labute approximate surface area is 148 Å². The zero-order chi connectivity index (χ0) is 17.9. The van der Waals surface area contributed by atoms with E-state index in [1.807, 2.05) is 57.3 Å². The number of carbonyl (C=O) groups is 1. The van der Waals surface area contributed by atoms with Crippen LogP contribution in [0.15, 0.2) is 42.7 Å². The van der Waals surface area contributed by atoms with Gasteiger partial charge in [-0.1, -0.05) is 6.07 Å². The Morgan fingerprint density at radius 2 is 1.72 bits per heavy atom. The van der Waals surface area contributed by atoms with E-state index in [-0.39, 0.29) is 11.4 Å². The fraction of sp³-hybridized carbons (Fsp3) is 0.421. The van der Waals surface area contributed by atoms with Crippen molar-refractivity contribution in [3.8, 4) is 0 Å². The van der Waals surface area contributed by atoms with E-state index in [0.717, 1.165) is 37.7 Å². The summed E-state index contributed by atoms with van der Waals surface area (Å²) >= 11 is 0. The van der Waals surface area contributed by atoms with Crippen LogP contribution in [-0.2, 0) is 0 Å². The minimum absolute atomic E-state index is 0.138. The van der Waals surface area contributed by atoms with E-state index in [0.29, 0.717) is 5.69 Å². The zero-order valence-electron chi connectivity index (χ0n) is 15.1. The molecule has 2 aromatic rings. The molecule has 0 aliphatic carbocycles. The highest BCUT2D eigenvalue weighted by molar-refractivity contribution is 5.93. The first kappa shape index (κ1) is 17.2. The first-order valence-corrected chi connectivity index (χ1v) is 8.62. The van der Waals surface area contributed by atoms with Crippen LogP contribution in [0, 0.1) is 0 Å². The number of pyridine rings is 2. The van der Waals surface area contributed by atoms with Crippen LogP contribution in [0.5, 0.6) is 0 Å². The lowest BCUT2D eigenvalue weighted by Crippen LogP contribution is -2.47. The van der Waals surface area contributed by atoms with Gasteiger partial charge in [0.2, 0.25) is 0 Å². The summed E-state index contributed by atoms with van der Waals surface area (Å²) in [7, 11) is 0. The summed E-state index contributed by atoms with van der Waals surface area (Å²) in [6, 6.07) is 9.82. The largest absolute Gasteiger partial charge is 0.368 e. The first-order chi connectivity index (χ1) is 11.9. The third-order valence-corrected chi connectivity index (χ3v) is 4.08. The van der Waals surface area contributed by atoms with Crippen molar-refractivity contribution in [1.29, 1.82) is 0 Å². The van der Waals surface area contributed by atoms with E-state index in [4.69, 9.17) is 0 Å². The van der Waals surface area contributed by atoms with Gasteiger partial charge in [0.25, 0.3) is 5.91 Å². The van der Waals surface area contributed by atoms with Crippen LogP contribution in [-0.4, -0.2) is 47.6 Å². The number of aromatic nitrogens is 2. The second kappa shape index (κ2) is 7.09. The molecule has 1 N–H and O–H groups in total. The Morgan fingerprint density at radius 1 is 1.00 bits per heavy atom. The number of carbonyl (C=O) groups excluding carboxylic acids is 1. The van der Waals surface area contributed by atoms with Crippen molar-refractivity contribution < 1.29 is 4.79 Å². The van der Waals surface area contributed by atoms with E-state index in [1.165, 1.54) is 0 Å². The lowest BCUT2D eigenvalue weighted by molar-refractivity contribution is 0.0914. The molecule has 0 aromatic carbocycles. The van der Waals surface area contributed by atoms with Gasteiger partial charge in [0.1, 0.15) is 11.5 Å². The Morgan fingerprint density at radius 3 is 2.36 bits per heavy atom. The molecule has 0 unspecified atom stereocenters. The summed E-state index contributed by atoms with van der Waals surface area (Å²) < 4.78 is 0. The lowest BCUT2D eigenvalue weighted by Gasteiger charge is -2.36. The lowest BCUT2D eigenvalue weighted by atomic mass is 10.1. The highest BCUT2D eigenvalue weighted by Crippen LogP contribution is 2.19. The van der Waals surface area contributed by atoms with Gasteiger partial charge in [-0.25, -0.2) is 4.98 Å². The van der Waals surface area contributed by atoms with Crippen molar-refractivity contribution >= 4 is 17.4 Å². The van der Waals surface area contributed by atoms with Crippen LogP contribution in [0.3, 0.4) is 0 Å². The Hall–Kier alpha value is -2.63. The van der Waals surface area contributed by atoms with Crippen molar-refractivity contribution in [2.75, 3.05) is 36.0 Å². The average Bonchev–Trinajstić information content (AvgIpc) is 2.61. The van der Waals surface area contributed by atoms with E-state index >= 15 is 0 Å². The highest BCUT2D eigenvalue weighted by atomic mass is 16.2. The summed E-state index contributed by atoms with van der Waals surface area (Å²) in [5.41, 5.74) is 1.22. The topological polar surface area (TPSA) is 61.4 Å². The van der Waals surface area contributed by atoms with Gasteiger partial charge in [-0.05, 0) is 45.0 Å². The molecular weight excluding hydrogens is 314 g/mol. The average molecular weight is 339 g/mol. The van der Waals surface area contributed by atoms with Gasteiger partial charge in [-0.3, -0.25) is 9.78 Å². The molecule has 0 radical (unpaired) electrons. The van der Waals surface area contributed by atoms with E-state index in [1.54, 1.807) is 6.20 Å². The molecule has 1 aliphatic heterocycles. The van der Waals surface area contributed by atoms with Gasteiger partial charge in [0.15, 0.2) is 0 Å². The van der Waals surface area contributed by atoms with Crippen molar-refractivity contribution in [1.82, 2.24) is 15.3 Å². The molecule has 3 rings (SSSR count). The number of nitrogens with one attached hydrogen (secondary N) is 1. The maximum Gasteiger partial charge on any atom is 0.270 e. The van der Waals surface area contributed by atoms with Crippen LogP contribution in [0.2, 0.25) is 0 Å². The quantitative estimate of drug-likeness (QED) is 0.930. The Balaban J connectivity index is 1.66. The van der Waals surface area contributed by atoms with Crippen LogP contribution < -0.4 is 15.1 Å². The van der Waals surface area contributed by atoms with Crippen LogP contribution in [0.1, 0.15) is 31.3 Å². The Kier molecular flexibility index (Phi) is 4.88.